The molecule has 8 heteroatoms. The third-order valence-corrected chi connectivity index (χ3v) is 4.90. The molecule has 0 spiro atoms. The molecule has 0 saturated heterocycles. The Morgan fingerprint density at radius 1 is 1.12 bits per heavy atom. The van der Waals surface area contributed by atoms with Crippen LogP contribution in [0.2, 0.25) is 0 Å². The van der Waals surface area contributed by atoms with E-state index in [1.165, 1.54) is 6.92 Å². The SMILES string of the molecule is Cc1ccc(NC(=O)C(C)CS(=O)(=O)Nc2ccc(F)cc2F)cc1. The van der Waals surface area contributed by atoms with E-state index < -0.39 is 39.2 Å². The van der Waals surface area contributed by atoms with E-state index in [0.717, 1.165) is 17.7 Å². The molecule has 0 radical (unpaired) electrons. The molecular formula is C17H18F2N2O3S. The topological polar surface area (TPSA) is 75.3 Å². The van der Waals surface area contributed by atoms with Crippen LogP contribution in [-0.4, -0.2) is 20.1 Å². The molecule has 0 aromatic heterocycles. The third-order valence-electron chi connectivity index (χ3n) is 3.43. The van der Waals surface area contributed by atoms with Crippen molar-refractivity contribution in [2.75, 3.05) is 15.8 Å². The molecule has 2 aromatic carbocycles. The van der Waals surface area contributed by atoms with Crippen LogP contribution in [0.25, 0.3) is 0 Å². The minimum Gasteiger partial charge on any atom is -0.326 e. The average Bonchev–Trinajstić information content (AvgIpc) is 2.52. The number of nitrogens with one attached hydrogen (secondary N) is 2. The lowest BCUT2D eigenvalue weighted by Crippen LogP contribution is -2.30. The van der Waals surface area contributed by atoms with Crippen molar-refractivity contribution < 1.29 is 22.0 Å². The summed E-state index contributed by atoms with van der Waals surface area (Å²) in [6, 6.07) is 9.55. The lowest BCUT2D eigenvalue weighted by atomic mass is 10.2. The number of benzene rings is 2. The quantitative estimate of drug-likeness (QED) is 0.822. The predicted octanol–water partition coefficient (Wildman–Crippen LogP) is 3.29. The summed E-state index contributed by atoms with van der Waals surface area (Å²) >= 11 is 0. The summed E-state index contributed by atoms with van der Waals surface area (Å²) in [5.41, 5.74) is 1.21. The molecule has 0 aliphatic rings. The minimum absolute atomic E-state index is 0.368. The fourth-order valence-corrected chi connectivity index (χ4v) is 3.48. The Hall–Kier alpha value is -2.48. The van der Waals surface area contributed by atoms with Gasteiger partial charge in [-0.3, -0.25) is 9.52 Å². The van der Waals surface area contributed by atoms with E-state index >= 15 is 0 Å². The minimum atomic E-state index is -3.99. The lowest BCUT2D eigenvalue weighted by Gasteiger charge is -2.14. The van der Waals surface area contributed by atoms with E-state index in [1.807, 2.05) is 23.8 Å². The highest BCUT2D eigenvalue weighted by molar-refractivity contribution is 7.92. The van der Waals surface area contributed by atoms with Gasteiger partial charge in [-0.1, -0.05) is 24.6 Å². The molecule has 0 aliphatic carbocycles. The van der Waals surface area contributed by atoms with Crippen LogP contribution in [0.15, 0.2) is 42.5 Å². The zero-order valence-electron chi connectivity index (χ0n) is 13.7. The highest BCUT2D eigenvalue weighted by atomic mass is 32.2. The van der Waals surface area contributed by atoms with Crippen LogP contribution in [0.3, 0.4) is 0 Å². The molecule has 5 nitrogen and oxygen atoms in total. The fraction of sp³-hybridized carbons (Fsp3) is 0.235. The van der Waals surface area contributed by atoms with Gasteiger partial charge < -0.3 is 5.32 Å². The molecule has 1 atom stereocenters. The van der Waals surface area contributed by atoms with Gasteiger partial charge in [0.25, 0.3) is 0 Å². The molecular weight excluding hydrogens is 350 g/mol. The lowest BCUT2D eigenvalue weighted by molar-refractivity contribution is -0.118. The molecule has 0 bridgehead atoms. The van der Waals surface area contributed by atoms with Crippen molar-refractivity contribution in [1.29, 1.82) is 0 Å². The van der Waals surface area contributed by atoms with Crippen LogP contribution in [0.4, 0.5) is 20.2 Å². The van der Waals surface area contributed by atoms with Crippen molar-refractivity contribution in [3.8, 4) is 0 Å². The summed E-state index contributed by atoms with van der Waals surface area (Å²) in [6.07, 6.45) is 0. The van der Waals surface area contributed by atoms with Crippen LogP contribution >= 0.6 is 0 Å². The van der Waals surface area contributed by atoms with Gasteiger partial charge in [0.1, 0.15) is 11.6 Å². The molecule has 2 rings (SSSR count). The maximum absolute atomic E-state index is 13.6. The van der Waals surface area contributed by atoms with Gasteiger partial charge in [0.15, 0.2) is 0 Å². The number of hydrogen-bond acceptors (Lipinski definition) is 3. The average molecular weight is 368 g/mol. The monoisotopic (exact) mass is 368 g/mol. The molecule has 0 fully saturated rings. The van der Waals surface area contributed by atoms with Crippen molar-refractivity contribution in [1.82, 2.24) is 0 Å². The summed E-state index contributed by atoms with van der Waals surface area (Å²) in [6.45, 7) is 3.35. The van der Waals surface area contributed by atoms with Crippen LogP contribution in [0.5, 0.6) is 0 Å². The Bertz CT molecular complexity index is 868. The number of rotatable bonds is 6. The van der Waals surface area contributed by atoms with Crippen molar-refractivity contribution in [3.63, 3.8) is 0 Å². The molecule has 1 unspecified atom stereocenters. The molecule has 25 heavy (non-hydrogen) atoms. The van der Waals surface area contributed by atoms with Crippen molar-refractivity contribution in [2.45, 2.75) is 13.8 Å². The summed E-state index contributed by atoms with van der Waals surface area (Å²) in [5, 5.41) is 2.62. The first-order valence-corrected chi connectivity index (χ1v) is 9.14. The van der Waals surface area contributed by atoms with Crippen LogP contribution in [0.1, 0.15) is 12.5 Å². The summed E-state index contributed by atoms with van der Waals surface area (Å²) in [7, 11) is -3.99. The van der Waals surface area contributed by atoms with Crippen molar-refractivity contribution in [3.05, 3.63) is 59.7 Å². The van der Waals surface area contributed by atoms with Gasteiger partial charge in [-0.15, -0.1) is 0 Å². The number of carbonyl (C=O) groups excluding carboxylic acids is 1. The Labute approximate surface area is 145 Å². The van der Waals surface area contributed by atoms with Gasteiger partial charge >= 0.3 is 0 Å². The number of hydrogen-bond donors (Lipinski definition) is 2. The van der Waals surface area contributed by atoms with Crippen molar-refractivity contribution >= 4 is 27.3 Å². The van der Waals surface area contributed by atoms with E-state index in [2.05, 4.69) is 5.32 Å². The second-order valence-electron chi connectivity index (χ2n) is 5.76. The summed E-state index contributed by atoms with van der Waals surface area (Å²) in [4.78, 5) is 12.1. The number of carbonyl (C=O) groups is 1. The van der Waals surface area contributed by atoms with E-state index in [4.69, 9.17) is 0 Å². The molecule has 0 heterocycles. The summed E-state index contributed by atoms with van der Waals surface area (Å²) in [5.74, 6) is -3.73. The predicted molar refractivity (Wildman–Crippen MR) is 92.7 cm³/mol. The van der Waals surface area contributed by atoms with E-state index in [-0.39, 0.29) is 5.69 Å². The molecule has 2 aromatic rings. The molecule has 2 N–H and O–H groups in total. The smallest absolute Gasteiger partial charge is 0.233 e. The largest absolute Gasteiger partial charge is 0.326 e. The second-order valence-corrected chi connectivity index (χ2v) is 7.53. The highest BCUT2D eigenvalue weighted by Gasteiger charge is 2.22. The maximum Gasteiger partial charge on any atom is 0.233 e. The van der Waals surface area contributed by atoms with Crippen LogP contribution < -0.4 is 10.0 Å². The number of aryl methyl sites for hydroxylation is 1. The second kappa shape index (κ2) is 7.60. The van der Waals surface area contributed by atoms with E-state index in [9.17, 15) is 22.0 Å². The number of halogens is 2. The van der Waals surface area contributed by atoms with Gasteiger partial charge in [-0.05, 0) is 31.2 Å². The first-order chi connectivity index (χ1) is 11.7. The Morgan fingerprint density at radius 3 is 2.36 bits per heavy atom. The highest BCUT2D eigenvalue weighted by Crippen LogP contribution is 2.18. The fourth-order valence-electron chi connectivity index (χ4n) is 2.09. The molecule has 134 valence electrons. The van der Waals surface area contributed by atoms with Crippen LogP contribution in [-0.2, 0) is 14.8 Å². The zero-order valence-corrected chi connectivity index (χ0v) is 14.5. The van der Waals surface area contributed by atoms with Gasteiger partial charge in [0, 0.05) is 11.8 Å². The molecule has 1 amide bonds. The van der Waals surface area contributed by atoms with Gasteiger partial charge in [0.05, 0.1) is 17.4 Å². The van der Waals surface area contributed by atoms with Crippen molar-refractivity contribution in [2.24, 2.45) is 5.92 Å². The van der Waals surface area contributed by atoms with Crippen LogP contribution in [0, 0.1) is 24.5 Å². The zero-order chi connectivity index (χ0) is 18.6. The van der Waals surface area contributed by atoms with E-state index in [1.54, 1.807) is 12.1 Å². The number of amides is 1. The number of anilines is 2. The maximum atomic E-state index is 13.6. The number of sulfonamides is 1. The Morgan fingerprint density at radius 2 is 1.76 bits per heavy atom. The molecule has 0 aliphatic heterocycles. The first-order valence-electron chi connectivity index (χ1n) is 7.49. The van der Waals surface area contributed by atoms with Gasteiger partial charge in [0.2, 0.25) is 15.9 Å². The van der Waals surface area contributed by atoms with Gasteiger partial charge in [-0.2, -0.15) is 0 Å². The normalized spacial score (nSPS) is 12.5. The Balaban J connectivity index is 2.01. The summed E-state index contributed by atoms with van der Waals surface area (Å²) < 4.78 is 52.6. The third kappa shape index (κ3) is 5.53. The molecule has 0 saturated carbocycles. The standard InChI is InChI=1S/C17H18F2N2O3S/c1-11-3-6-14(7-4-11)20-17(22)12(2)10-25(23,24)21-16-8-5-13(18)9-15(16)19/h3-9,12,21H,10H2,1-2H3,(H,20,22). The first kappa shape index (κ1) is 18.9. The van der Waals surface area contributed by atoms with E-state index in [0.29, 0.717) is 11.8 Å². The Kier molecular flexibility index (Phi) is 5.73. The van der Waals surface area contributed by atoms with Gasteiger partial charge in [-0.25, -0.2) is 17.2 Å².